The lowest BCUT2D eigenvalue weighted by atomic mass is 10.2. The Morgan fingerprint density at radius 1 is 0.875 bits per heavy atom. The van der Waals surface area contributed by atoms with Gasteiger partial charge in [0, 0.05) is 11.6 Å². The van der Waals surface area contributed by atoms with Crippen molar-refractivity contribution in [1.82, 2.24) is 19.7 Å². The molecule has 1 heterocycles. The van der Waals surface area contributed by atoms with Crippen LogP contribution in [-0.2, 0) is 13.1 Å². The first-order valence-electron chi connectivity index (χ1n) is 9.89. The molecule has 0 aliphatic rings. The summed E-state index contributed by atoms with van der Waals surface area (Å²) in [6.07, 6.45) is 0. The molecule has 0 fully saturated rings. The number of benzene rings is 3. The highest BCUT2D eigenvalue weighted by Crippen LogP contribution is 2.15. The van der Waals surface area contributed by atoms with Gasteiger partial charge in [-0.15, -0.1) is 0 Å². The maximum absolute atomic E-state index is 13.1. The average Bonchev–Trinajstić information content (AvgIpc) is 2.82. The summed E-state index contributed by atoms with van der Waals surface area (Å²) in [7, 11) is 0. The standard InChI is InChI=1S/C24H19ClN4O3/c25-20-14-8-7-11-18(20)16-28-23(31)21(22(30)26-15-17-9-3-1-4-10-17)27-29(24(28)32)19-12-5-2-6-13-19/h1-14H,15-16H2,(H,26,30). The molecular weight excluding hydrogens is 428 g/mol. The second-order valence-corrected chi connectivity index (χ2v) is 7.44. The lowest BCUT2D eigenvalue weighted by Gasteiger charge is -2.13. The molecule has 1 N–H and O–H groups in total. The van der Waals surface area contributed by atoms with Crippen LogP contribution in [0.4, 0.5) is 0 Å². The molecule has 0 aliphatic carbocycles. The van der Waals surface area contributed by atoms with Gasteiger partial charge in [-0.1, -0.05) is 78.3 Å². The minimum absolute atomic E-state index is 0.0916. The first kappa shape index (κ1) is 21.3. The van der Waals surface area contributed by atoms with Crippen LogP contribution < -0.4 is 16.6 Å². The second-order valence-electron chi connectivity index (χ2n) is 7.03. The van der Waals surface area contributed by atoms with Gasteiger partial charge < -0.3 is 5.32 Å². The molecule has 0 radical (unpaired) electrons. The minimum Gasteiger partial charge on any atom is -0.346 e. The van der Waals surface area contributed by atoms with Gasteiger partial charge in [0.05, 0.1) is 12.2 Å². The van der Waals surface area contributed by atoms with E-state index in [0.717, 1.165) is 14.8 Å². The molecule has 3 aromatic carbocycles. The molecule has 8 heteroatoms. The summed E-state index contributed by atoms with van der Waals surface area (Å²) in [6, 6.07) is 24.8. The van der Waals surface area contributed by atoms with Crippen molar-refractivity contribution in [3.63, 3.8) is 0 Å². The van der Waals surface area contributed by atoms with Crippen molar-refractivity contribution in [2.45, 2.75) is 13.1 Å². The average molecular weight is 447 g/mol. The van der Waals surface area contributed by atoms with E-state index >= 15 is 0 Å². The van der Waals surface area contributed by atoms with Gasteiger partial charge in [-0.2, -0.15) is 9.78 Å². The molecular formula is C24H19ClN4O3. The normalized spacial score (nSPS) is 10.7. The van der Waals surface area contributed by atoms with Gasteiger partial charge in [0.15, 0.2) is 0 Å². The van der Waals surface area contributed by atoms with Crippen molar-refractivity contribution in [3.05, 3.63) is 128 Å². The fraction of sp³-hybridized carbons (Fsp3) is 0.0833. The van der Waals surface area contributed by atoms with E-state index in [0.29, 0.717) is 16.3 Å². The van der Waals surface area contributed by atoms with Gasteiger partial charge in [-0.25, -0.2) is 4.79 Å². The van der Waals surface area contributed by atoms with Crippen molar-refractivity contribution in [2.24, 2.45) is 0 Å². The summed E-state index contributed by atoms with van der Waals surface area (Å²) < 4.78 is 2.02. The highest BCUT2D eigenvalue weighted by Gasteiger charge is 2.20. The van der Waals surface area contributed by atoms with Crippen LogP contribution in [0.15, 0.2) is 94.5 Å². The maximum Gasteiger partial charge on any atom is 0.352 e. The van der Waals surface area contributed by atoms with E-state index in [2.05, 4.69) is 10.4 Å². The fourth-order valence-corrected chi connectivity index (χ4v) is 3.39. The zero-order valence-electron chi connectivity index (χ0n) is 16.9. The molecule has 1 aromatic heterocycles. The number of halogens is 1. The second kappa shape index (κ2) is 9.45. The Kier molecular flexibility index (Phi) is 6.28. The third-order valence-corrected chi connectivity index (χ3v) is 5.23. The highest BCUT2D eigenvalue weighted by molar-refractivity contribution is 6.31. The molecule has 0 saturated heterocycles. The van der Waals surface area contributed by atoms with E-state index in [1.165, 1.54) is 0 Å². The number of nitrogens with zero attached hydrogens (tertiary/aromatic N) is 3. The molecule has 0 spiro atoms. The van der Waals surface area contributed by atoms with Crippen LogP contribution in [0, 0.1) is 0 Å². The molecule has 0 atom stereocenters. The van der Waals surface area contributed by atoms with Crippen LogP contribution in [0.1, 0.15) is 21.6 Å². The molecule has 4 rings (SSSR count). The molecule has 1 amide bonds. The van der Waals surface area contributed by atoms with E-state index in [9.17, 15) is 14.4 Å². The van der Waals surface area contributed by atoms with Crippen molar-refractivity contribution < 1.29 is 4.79 Å². The van der Waals surface area contributed by atoms with Gasteiger partial charge >= 0.3 is 5.69 Å². The first-order valence-corrected chi connectivity index (χ1v) is 10.3. The van der Waals surface area contributed by atoms with E-state index in [1.807, 2.05) is 30.3 Å². The summed E-state index contributed by atoms with van der Waals surface area (Å²) in [5, 5.41) is 7.22. The first-order chi connectivity index (χ1) is 15.5. The van der Waals surface area contributed by atoms with Crippen molar-refractivity contribution in [1.29, 1.82) is 0 Å². The van der Waals surface area contributed by atoms with Gasteiger partial charge in [-0.3, -0.25) is 14.2 Å². The largest absolute Gasteiger partial charge is 0.352 e. The molecule has 0 aliphatic heterocycles. The van der Waals surface area contributed by atoms with Crippen molar-refractivity contribution in [2.75, 3.05) is 0 Å². The van der Waals surface area contributed by atoms with Gasteiger partial charge in [-0.05, 0) is 29.3 Å². The number of aromatic nitrogens is 3. The molecule has 0 bridgehead atoms. The molecule has 7 nitrogen and oxygen atoms in total. The third kappa shape index (κ3) is 4.53. The van der Waals surface area contributed by atoms with Crippen LogP contribution in [0.2, 0.25) is 5.02 Å². The van der Waals surface area contributed by atoms with Crippen molar-refractivity contribution >= 4 is 17.5 Å². The zero-order valence-corrected chi connectivity index (χ0v) is 17.7. The monoisotopic (exact) mass is 446 g/mol. The number of rotatable bonds is 6. The summed E-state index contributed by atoms with van der Waals surface area (Å²) in [4.78, 5) is 39.2. The molecule has 4 aromatic rings. The number of amides is 1. The van der Waals surface area contributed by atoms with E-state index in [4.69, 9.17) is 11.6 Å². The van der Waals surface area contributed by atoms with Crippen LogP contribution in [0.25, 0.3) is 5.69 Å². The van der Waals surface area contributed by atoms with E-state index < -0.39 is 17.2 Å². The van der Waals surface area contributed by atoms with E-state index in [1.54, 1.807) is 54.6 Å². The Labute approximate surface area is 188 Å². The molecule has 160 valence electrons. The Hall–Kier alpha value is -3.97. The van der Waals surface area contributed by atoms with Gasteiger partial charge in [0.2, 0.25) is 5.69 Å². The highest BCUT2D eigenvalue weighted by atomic mass is 35.5. The minimum atomic E-state index is -0.785. The van der Waals surface area contributed by atoms with E-state index in [-0.39, 0.29) is 18.8 Å². The smallest absolute Gasteiger partial charge is 0.346 e. The predicted octanol–water partition coefficient (Wildman–Crippen LogP) is 3.03. The topological polar surface area (TPSA) is 86.0 Å². The predicted molar refractivity (Wildman–Crippen MR) is 122 cm³/mol. The molecule has 32 heavy (non-hydrogen) atoms. The number of nitrogens with one attached hydrogen (secondary N) is 1. The Bertz CT molecular complexity index is 1370. The van der Waals surface area contributed by atoms with Gasteiger partial charge in [0.25, 0.3) is 11.5 Å². The van der Waals surface area contributed by atoms with Crippen molar-refractivity contribution in [3.8, 4) is 5.69 Å². The number of hydrogen-bond acceptors (Lipinski definition) is 4. The lowest BCUT2D eigenvalue weighted by Crippen LogP contribution is -2.46. The van der Waals surface area contributed by atoms with Crippen LogP contribution in [0.5, 0.6) is 0 Å². The number of para-hydroxylation sites is 1. The Morgan fingerprint density at radius 3 is 2.19 bits per heavy atom. The van der Waals surface area contributed by atoms with Gasteiger partial charge in [0.1, 0.15) is 0 Å². The summed E-state index contributed by atoms with van der Waals surface area (Å²) in [5.41, 5.74) is 0.0517. The quantitative estimate of drug-likeness (QED) is 0.493. The number of carbonyl (C=O) groups excluding carboxylic acids is 1. The summed E-state index contributed by atoms with van der Waals surface area (Å²) in [5.74, 6) is -0.670. The van der Waals surface area contributed by atoms with Crippen LogP contribution >= 0.6 is 11.6 Å². The number of hydrogen-bond donors (Lipinski definition) is 1. The summed E-state index contributed by atoms with van der Waals surface area (Å²) in [6.45, 7) is 0.126. The van der Waals surface area contributed by atoms with Crippen LogP contribution in [-0.4, -0.2) is 20.3 Å². The zero-order chi connectivity index (χ0) is 22.5. The molecule has 0 unspecified atom stereocenters. The Morgan fingerprint density at radius 2 is 1.50 bits per heavy atom. The maximum atomic E-state index is 13.1. The molecule has 0 saturated carbocycles. The lowest BCUT2D eigenvalue weighted by molar-refractivity contribution is 0.0941. The van der Waals surface area contributed by atoms with Crippen LogP contribution in [0.3, 0.4) is 0 Å². The fourth-order valence-electron chi connectivity index (χ4n) is 3.19. The summed E-state index contributed by atoms with van der Waals surface area (Å²) >= 11 is 6.24. The third-order valence-electron chi connectivity index (χ3n) is 4.86. The Balaban J connectivity index is 1.78. The SMILES string of the molecule is O=C(NCc1ccccc1)c1nn(-c2ccccc2)c(=O)n(Cc2ccccc2Cl)c1=O. The number of carbonyl (C=O) groups is 1.